The van der Waals surface area contributed by atoms with Crippen LogP contribution in [0.15, 0.2) is 23.6 Å². The van der Waals surface area contributed by atoms with Gasteiger partial charge in [-0.05, 0) is 19.3 Å². The first-order valence-corrected chi connectivity index (χ1v) is 9.89. The molecule has 0 aliphatic rings. The van der Waals surface area contributed by atoms with Gasteiger partial charge in [-0.25, -0.2) is 15.0 Å². The normalized spacial score (nSPS) is 11.5. The molecule has 2 aromatic rings. The Bertz CT molecular complexity index is 664. The number of halogens is 1. The predicted octanol–water partition coefficient (Wildman–Crippen LogP) is 3.47. The molecule has 26 heavy (non-hydrogen) atoms. The second-order valence-corrected chi connectivity index (χ2v) is 7.54. The zero-order valence-electron chi connectivity index (χ0n) is 16.2. The third-order valence-electron chi connectivity index (χ3n) is 3.67. The van der Waals surface area contributed by atoms with Crippen LogP contribution in [0.5, 0.6) is 0 Å². The number of hydrogen-bond donors (Lipinski definition) is 2. The van der Waals surface area contributed by atoms with Crippen molar-refractivity contribution in [2.75, 3.05) is 13.1 Å². The number of aromatic nitrogens is 3. The lowest BCUT2D eigenvalue weighted by molar-refractivity contribution is 0.507. The van der Waals surface area contributed by atoms with Gasteiger partial charge < -0.3 is 15.2 Å². The van der Waals surface area contributed by atoms with Gasteiger partial charge in [0.05, 0.1) is 5.01 Å². The van der Waals surface area contributed by atoms with Gasteiger partial charge in [0, 0.05) is 49.5 Å². The monoisotopic (exact) mass is 490 g/mol. The fraction of sp³-hybridized carbons (Fsp3) is 0.611. The Morgan fingerprint density at radius 2 is 2.08 bits per heavy atom. The highest BCUT2D eigenvalue weighted by atomic mass is 127. The molecule has 2 aromatic heterocycles. The summed E-state index contributed by atoms with van der Waals surface area (Å²) in [6.45, 7) is 11.9. The Morgan fingerprint density at radius 3 is 2.73 bits per heavy atom. The van der Waals surface area contributed by atoms with Gasteiger partial charge in [-0.3, -0.25) is 0 Å². The third kappa shape index (κ3) is 7.61. The molecule has 0 bridgehead atoms. The van der Waals surface area contributed by atoms with Crippen LogP contribution in [-0.4, -0.2) is 33.6 Å². The SMILES string of the molecule is CCNC(=NCc1nccn1CC(C)C)NCCc1ncc(CC)s1.I. The van der Waals surface area contributed by atoms with Crippen LogP contribution in [0.4, 0.5) is 0 Å². The molecule has 8 heteroatoms. The van der Waals surface area contributed by atoms with E-state index in [0.29, 0.717) is 12.5 Å². The topological polar surface area (TPSA) is 67.1 Å². The minimum Gasteiger partial charge on any atom is -0.357 e. The van der Waals surface area contributed by atoms with E-state index in [1.807, 2.05) is 18.6 Å². The predicted molar refractivity (Wildman–Crippen MR) is 120 cm³/mol. The summed E-state index contributed by atoms with van der Waals surface area (Å²) >= 11 is 1.79. The molecule has 0 aliphatic carbocycles. The van der Waals surface area contributed by atoms with E-state index in [9.17, 15) is 0 Å². The quantitative estimate of drug-likeness (QED) is 0.321. The van der Waals surface area contributed by atoms with Gasteiger partial charge in [0.15, 0.2) is 5.96 Å². The van der Waals surface area contributed by atoms with Crippen LogP contribution >= 0.6 is 35.3 Å². The minimum absolute atomic E-state index is 0. The van der Waals surface area contributed by atoms with Gasteiger partial charge in [0.1, 0.15) is 12.4 Å². The van der Waals surface area contributed by atoms with E-state index in [1.165, 1.54) is 9.88 Å². The molecule has 2 N–H and O–H groups in total. The maximum absolute atomic E-state index is 4.67. The van der Waals surface area contributed by atoms with E-state index in [2.05, 4.69) is 57.9 Å². The largest absolute Gasteiger partial charge is 0.357 e. The van der Waals surface area contributed by atoms with E-state index in [0.717, 1.165) is 44.3 Å². The fourth-order valence-electron chi connectivity index (χ4n) is 2.46. The summed E-state index contributed by atoms with van der Waals surface area (Å²) in [5.41, 5.74) is 0. The van der Waals surface area contributed by atoms with E-state index in [-0.39, 0.29) is 24.0 Å². The number of rotatable bonds is 9. The summed E-state index contributed by atoms with van der Waals surface area (Å²) in [6, 6.07) is 0. The van der Waals surface area contributed by atoms with Crippen molar-refractivity contribution in [3.8, 4) is 0 Å². The van der Waals surface area contributed by atoms with E-state index in [1.54, 1.807) is 11.3 Å². The first-order valence-electron chi connectivity index (χ1n) is 9.08. The number of aliphatic imine (C=N–C) groups is 1. The van der Waals surface area contributed by atoms with E-state index in [4.69, 9.17) is 0 Å². The Labute approximate surface area is 178 Å². The molecule has 0 aliphatic heterocycles. The van der Waals surface area contributed by atoms with Gasteiger partial charge in [-0.1, -0.05) is 20.8 Å². The molecular formula is C18H31IN6S. The van der Waals surface area contributed by atoms with Crippen molar-refractivity contribution >= 4 is 41.3 Å². The lowest BCUT2D eigenvalue weighted by Crippen LogP contribution is -2.38. The average molecular weight is 490 g/mol. The molecule has 0 aromatic carbocycles. The number of nitrogens with zero attached hydrogens (tertiary/aromatic N) is 4. The van der Waals surface area contributed by atoms with E-state index < -0.39 is 0 Å². The van der Waals surface area contributed by atoms with Crippen LogP contribution in [-0.2, 0) is 25.9 Å². The van der Waals surface area contributed by atoms with Crippen molar-refractivity contribution in [2.45, 2.75) is 53.6 Å². The molecule has 2 rings (SSSR count). The zero-order chi connectivity index (χ0) is 18.1. The Hall–Kier alpha value is -1.16. The van der Waals surface area contributed by atoms with Crippen molar-refractivity contribution in [1.29, 1.82) is 0 Å². The molecule has 0 amide bonds. The zero-order valence-corrected chi connectivity index (χ0v) is 19.3. The average Bonchev–Trinajstić information content (AvgIpc) is 3.21. The van der Waals surface area contributed by atoms with Crippen molar-refractivity contribution in [1.82, 2.24) is 25.2 Å². The molecule has 2 heterocycles. The lowest BCUT2D eigenvalue weighted by Gasteiger charge is -2.12. The summed E-state index contributed by atoms with van der Waals surface area (Å²) in [4.78, 5) is 14.9. The Morgan fingerprint density at radius 1 is 1.27 bits per heavy atom. The maximum atomic E-state index is 4.67. The number of thiazole rings is 1. The number of guanidine groups is 1. The van der Waals surface area contributed by atoms with Crippen LogP contribution in [0.1, 0.15) is 43.4 Å². The number of nitrogens with one attached hydrogen (secondary N) is 2. The summed E-state index contributed by atoms with van der Waals surface area (Å²) < 4.78 is 2.18. The molecule has 0 fully saturated rings. The molecule has 0 saturated carbocycles. The van der Waals surface area contributed by atoms with Crippen molar-refractivity contribution in [3.05, 3.63) is 34.3 Å². The molecule has 6 nitrogen and oxygen atoms in total. The maximum Gasteiger partial charge on any atom is 0.191 e. The van der Waals surface area contributed by atoms with Crippen molar-refractivity contribution < 1.29 is 0 Å². The second-order valence-electron chi connectivity index (χ2n) is 6.34. The smallest absolute Gasteiger partial charge is 0.191 e. The molecule has 0 atom stereocenters. The van der Waals surface area contributed by atoms with Gasteiger partial charge in [-0.2, -0.15) is 0 Å². The Kier molecular flexibility index (Phi) is 10.8. The van der Waals surface area contributed by atoms with E-state index >= 15 is 0 Å². The summed E-state index contributed by atoms with van der Waals surface area (Å²) in [5, 5.41) is 7.85. The summed E-state index contributed by atoms with van der Waals surface area (Å²) in [5.74, 6) is 2.42. The molecule has 0 radical (unpaired) electrons. The van der Waals surface area contributed by atoms with Crippen LogP contribution in [0.2, 0.25) is 0 Å². The number of imidazole rings is 1. The molecule has 0 spiro atoms. The van der Waals surface area contributed by atoms with Crippen LogP contribution in [0.25, 0.3) is 0 Å². The highest BCUT2D eigenvalue weighted by Crippen LogP contribution is 2.13. The number of aryl methyl sites for hydroxylation is 1. The Balaban J connectivity index is 0.00000338. The van der Waals surface area contributed by atoms with Crippen molar-refractivity contribution in [3.63, 3.8) is 0 Å². The highest BCUT2D eigenvalue weighted by molar-refractivity contribution is 14.0. The first kappa shape index (κ1) is 22.9. The second kappa shape index (κ2) is 12.3. The van der Waals surface area contributed by atoms with Gasteiger partial charge >= 0.3 is 0 Å². The van der Waals surface area contributed by atoms with Crippen LogP contribution in [0, 0.1) is 5.92 Å². The fourth-order valence-corrected chi connectivity index (χ4v) is 3.32. The van der Waals surface area contributed by atoms with Gasteiger partial charge in [0.2, 0.25) is 0 Å². The third-order valence-corrected chi connectivity index (χ3v) is 4.87. The van der Waals surface area contributed by atoms with Crippen LogP contribution < -0.4 is 10.6 Å². The van der Waals surface area contributed by atoms with Gasteiger partial charge in [0.25, 0.3) is 0 Å². The molecule has 146 valence electrons. The summed E-state index contributed by atoms with van der Waals surface area (Å²) in [7, 11) is 0. The van der Waals surface area contributed by atoms with Crippen molar-refractivity contribution in [2.24, 2.45) is 10.9 Å². The molecule has 0 unspecified atom stereocenters. The first-order chi connectivity index (χ1) is 12.1. The minimum atomic E-state index is 0. The summed E-state index contributed by atoms with van der Waals surface area (Å²) in [6.07, 6.45) is 7.82. The standard InChI is InChI=1S/C18H30N6S.HI/c1-5-15-11-22-17(25-15)7-8-21-18(19-6-2)23-12-16-20-9-10-24(16)13-14(3)4;/h9-11,14H,5-8,12-13H2,1-4H3,(H2,19,21,23);1H. The number of hydrogen-bond acceptors (Lipinski definition) is 4. The lowest BCUT2D eigenvalue weighted by atomic mass is 10.2. The van der Waals surface area contributed by atoms with Crippen LogP contribution in [0.3, 0.4) is 0 Å². The molecular weight excluding hydrogens is 459 g/mol. The van der Waals surface area contributed by atoms with Gasteiger partial charge in [-0.15, -0.1) is 35.3 Å². The molecule has 0 saturated heterocycles. The highest BCUT2D eigenvalue weighted by Gasteiger charge is 2.06.